The fourth-order valence-electron chi connectivity index (χ4n) is 3.29. The summed E-state index contributed by atoms with van der Waals surface area (Å²) in [6.07, 6.45) is 6.77. The second-order valence-corrected chi connectivity index (χ2v) is 8.16. The van der Waals surface area contributed by atoms with Crippen molar-refractivity contribution in [1.29, 1.82) is 5.26 Å². The maximum atomic E-state index is 9.45. The van der Waals surface area contributed by atoms with Crippen molar-refractivity contribution in [2.24, 2.45) is 5.92 Å². The smallest absolute Gasteiger partial charge is 0.258 e. The van der Waals surface area contributed by atoms with Gasteiger partial charge in [0, 0.05) is 22.9 Å². The van der Waals surface area contributed by atoms with Gasteiger partial charge in [0.05, 0.1) is 24.0 Å². The highest BCUT2D eigenvalue weighted by molar-refractivity contribution is 9.09. The monoisotopic (exact) mass is 471 g/mol. The fourth-order valence-corrected chi connectivity index (χ4v) is 3.52. The second-order valence-electron chi connectivity index (χ2n) is 7.37. The quantitative estimate of drug-likeness (QED) is 0.334. The Morgan fingerprint density at radius 1 is 1.33 bits per heavy atom. The lowest BCUT2D eigenvalue weighted by Crippen LogP contribution is -2.11. The van der Waals surface area contributed by atoms with Crippen molar-refractivity contribution in [3.8, 4) is 23.3 Å². The first-order valence-electron chi connectivity index (χ1n) is 10.2. The van der Waals surface area contributed by atoms with E-state index in [1.54, 1.807) is 12.1 Å². The SMILES string of the molecule is CCC1CC(OCCCBr)=CC=C1c1noc(-c2ccc(OC(C)C)c(C#N)c2)n1. The van der Waals surface area contributed by atoms with Gasteiger partial charge in [-0.3, -0.25) is 0 Å². The van der Waals surface area contributed by atoms with Gasteiger partial charge in [-0.1, -0.05) is 34.1 Å². The largest absolute Gasteiger partial charge is 0.498 e. The molecule has 0 aliphatic heterocycles. The number of ether oxygens (including phenoxy) is 2. The van der Waals surface area contributed by atoms with Crippen LogP contribution < -0.4 is 4.74 Å². The number of alkyl halides is 1. The molecule has 30 heavy (non-hydrogen) atoms. The maximum Gasteiger partial charge on any atom is 0.258 e. The summed E-state index contributed by atoms with van der Waals surface area (Å²) in [4.78, 5) is 4.60. The van der Waals surface area contributed by atoms with Gasteiger partial charge >= 0.3 is 0 Å². The van der Waals surface area contributed by atoms with Crippen LogP contribution in [-0.2, 0) is 4.74 Å². The molecule has 0 N–H and O–H groups in total. The van der Waals surface area contributed by atoms with Crippen molar-refractivity contribution < 1.29 is 14.0 Å². The van der Waals surface area contributed by atoms with E-state index in [4.69, 9.17) is 14.0 Å². The van der Waals surface area contributed by atoms with Crippen LogP contribution >= 0.6 is 15.9 Å². The minimum absolute atomic E-state index is 0.0106. The number of rotatable bonds is 9. The van der Waals surface area contributed by atoms with Crippen molar-refractivity contribution >= 4 is 21.5 Å². The van der Waals surface area contributed by atoms with Crippen LogP contribution in [0.4, 0.5) is 0 Å². The Morgan fingerprint density at radius 3 is 2.87 bits per heavy atom. The molecule has 0 fully saturated rings. The van der Waals surface area contributed by atoms with Crippen LogP contribution in [0.1, 0.15) is 51.4 Å². The Kier molecular flexibility index (Phi) is 7.69. The summed E-state index contributed by atoms with van der Waals surface area (Å²) in [6.45, 7) is 6.70. The van der Waals surface area contributed by atoms with Gasteiger partial charge in [0.25, 0.3) is 5.89 Å². The topological polar surface area (TPSA) is 81.2 Å². The molecular formula is C23H26BrN3O3. The molecule has 0 spiro atoms. The average molecular weight is 472 g/mol. The van der Waals surface area contributed by atoms with Crippen molar-refractivity contribution in [1.82, 2.24) is 10.1 Å². The van der Waals surface area contributed by atoms with Gasteiger partial charge in [0.15, 0.2) is 5.82 Å². The average Bonchev–Trinajstić information content (AvgIpc) is 3.23. The molecule has 0 saturated carbocycles. The molecular weight excluding hydrogens is 446 g/mol. The molecule has 7 heteroatoms. The van der Waals surface area contributed by atoms with Gasteiger partial charge in [-0.25, -0.2) is 0 Å². The van der Waals surface area contributed by atoms with E-state index in [0.717, 1.165) is 35.9 Å². The first kappa shape index (κ1) is 22.1. The highest BCUT2D eigenvalue weighted by Crippen LogP contribution is 2.35. The zero-order chi connectivity index (χ0) is 21.5. The third-order valence-corrected chi connectivity index (χ3v) is 5.35. The molecule has 1 unspecified atom stereocenters. The number of nitriles is 1. The Labute approximate surface area is 185 Å². The van der Waals surface area contributed by atoms with Crippen LogP contribution in [0.3, 0.4) is 0 Å². The molecule has 1 heterocycles. The lowest BCUT2D eigenvalue weighted by molar-refractivity contribution is 0.196. The van der Waals surface area contributed by atoms with Gasteiger partial charge in [-0.05, 0) is 56.9 Å². The number of hydrogen-bond donors (Lipinski definition) is 0. The molecule has 0 amide bonds. The van der Waals surface area contributed by atoms with Crippen LogP contribution in [-0.4, -0.2) is 28.2 Å². The normalized spacial score (nSPS) is 16.1. The summed E-state index contributed by atoms with van der Waals surface area (Å²) in [5.41, 5.74) is 2.18. The van der Waals surface area contributed by atoms with Crippen LogP contribution in [0, 0.1) is 17.2 Å². The molecule has 6 nitrogen and oxygen atoms in total. The number of hydrogen-bond acceptors (Lipinski definition) is 6. The van der Waals surface area contributed by atoms with E-state index in [0.29, 0.717) is 35.2 Å². The molecule has 158 valence electrons. The predicted octanol–water partition coefficient (Wildman–Crippen LogP) is 5.89. The van der Waals surface area contributed by atoms with E-state index in [1.165, 1.54) is 0 Å². The Balaban J connectivity index is 1.82. The lowest BCUT2D eigenvalue weighted by Gasteiger charge is -2.22. The van der Waals surface area contributed by atoms with Crippen molar-refractivity contribution in [2.75, 3.05) is 11.9 Å². The Hall–Kier alpha value is -2.59. The summed E-state index contributed by atoms with van der Waals surface area (Å²) in [5.74, 6) is 2.78. The molecule has 1 atom stereocenters. The zero-order valence-electron chi connectivity index (χ0n) is 17.5. The minimum Gasteiger partial charge on any atom is -0.498 e. The van der Waals surface area contributed by atoms with Crippen molar-refractivity contribution in [3.05, 3.63) is 47.5 Å². The Morgan fingerprint density at radius 2 is 2.17 bits per heavy atom. The summed E-state index contributed by atoms with van der Waals surface area (Å²) in [7, 11) is 0. The van der Waals surface area contributed by atoms with E-state index < -0.39 is 0 Å². The summed E-state index contributed by atoms with van der Waals surface area (Å²) >= 11 is 3.42. The van der Waals surface area contributed by atoms with Crippen LogP contribution in [0.15, 0.2) is 40.6 Å². The molecule has 1 aromatic heterocycles. The number of aromatic nitrogens is 2. The van der Waals surface area contributed by atoms with Crippen LogP contribution in [0.25, 0.3) is 17.0 Å². The summed E-state index contributed by atoms with van der Waals surface area (Å²) in [6, 6.07) is 7.49. The van der Waals surface area contributed by atoms with Gasteiger partial charge in [0.1, 0.15) is 11.8 Å². The predicted molar refractivity (Wildman–Crippen MR) is 119 cm³/mol. The van der Waals surface area contributed by atoms with Crippen LogP contribution in [0.5, 0.6) is 5.75 Å². The van der Waals surface area contributed by atoms with Gasteiger partial charge in [-0.2, -0.15) is 10.2 Å². The molecule has 3 rings (SSSR count). The fraction of sp³-hybridized carbons (Fsp3) is 0.435. The third kappa shape index (κ3) is 5.31. The van der Waals surface area contributed by atoms with E-state index in [9.17, 15) is 5.26 Å². The molecule has 1 aromatic carbocycles. The zero-order valence-corrected chi connectivity index (χ0v) is 19.1. The number of benzene rings is 1. The van der Waals surface area contributed by atoms with Gasteiger partial charge < -0.3 is 14.0 Å². The lowest BCUT2D eigenvalue weighted by atomic mass is 9.88. The second kappa shape index (κ2) is 10.4. The van der Waals surface area contributed by atoms with E-state index in [-0.39, 0.29) is 12.0 Å². The molecule has 0 bridgehead atoms. The van der Waals surface area contributed by atoms with E-state index in [2.05, 4.69) is 39.1 Å². The third-order valence-electron chi connectivity index (χ3n) is 4.79. The molecule has 2 aromatic rings. The minimum atomic E-state index is -0.0106. The number of nitrogens with zero attached hydrogens (tertiary/aromatic N) is 3. The number of allylic oxidation sites excluding steroid dienone is 4. The first-order chi connectivity index (χ1) is 14.5. The molecule has 1 aliphatic carbocycles. The molecule has 0 saturated heterocycles. The highest BCUT2D eigenvalue weighted by atomic mass is 79.9. The first-order valence-corrected chi connectivity index (χ1v) is 11.3. The number of halogens is 1. The maximum absolute atomic E-state index is 9.45. The van der Waals surface area contributed by atoms with Crippen molar-refractivity contribution in [2.45, 2.75) is 46.1 Å². The summed E-state index contributed by atoms with van der Waals surface area (Å²) in [5, 5.41) is 14.6. The molecule has 0 radical (unpaired) electrons. The van der Waals surface area contributed by atoms with Gasteiger partial charge in [-0.15, -0.1) is 0 Å². The summed E-state index contributed by atoms with van der Waals surface area (Å²) < 4.78 is 17.1. The van der Waals surface area contributed by atoms with Crippen molar-refractivity contribution in [3.63, 3.8) is 0 Å². The van der Waals surface area contributed by atoms with Crippen LogP contribution in [0.2, 0.25) is 0 Å². The Bertz CT molecular complexity index is 972. The van der Waals surface area contributed by atoms with E-state index >= 15 is 0 Å². The highest BCUT2D eigenvalue weighted by Gasteiger charge is 2.24. The standard InChI is InChI=1S/C23H26BrN3O3/c1-4-16-13-19(28-11-5-10-24)7-8-20(16)22-26-23(30-27-22)17-6-9-21(29-15(2)3)18(12-17)14-25/h6-9,12,15-16H,4-5,10-11,13H2,1-3H3. The van der Waals surface area contributed by atoms with E-state index in [1.807, 2.05) is 32.1 Å². The molecule has 1 aliphatic rings. The van der Waals surface area contributed by atoms with Gasteiger partial charge in [0.2, 0.25) is 0 Å².